The molecule has 4 N–H and O–H groups in total. The molecule has 5 aliphatic carbocycles. The largest absolute Gasteiger partial charge is 0.465 e. The van der Waals surface area contributed by atoms with Gasteiger partial charge in [-0.15, -0.1) is 0 Å². The zero-order valence-corrected chi connectivity index (χ0v) is 36.2. The molecule has 5 aromatic rings. The predicted octanol–water partition coefficient (Wildman–Crippen LogP) is 8.12. The van der Waals surface area contributed by atoms with Crippen LogP contribution in [0.2, 0.25) is 0 Å². The first-order valence-corrected chi connectivity index (χ1v) is 22.8. The van der Waals surface area contributed by atoms with Gasteiger partial charge in [-0.05, 0) is 104 Å². The van der Waals surface area contributed by atoms with Crippen LogP contribution in [-0.2, 0) is 25.2 Å². The highest BCUT2D eigenvalue weighted by Crippen LogP contribution is 2.59. The van der Waals surface area contributed by atoms with Gasteiger partial charge in [-0.1, -0.05) is 84.9 Å². The maximum Gasteiger partial charge on any atom is 0.407 e. The third-order valence-electron chi connectivity index (χ3n) is 16.0. The minimum atomic E-state index is -1.15. The number of carbonyl (C=O) groups is 4. The highest BCUT2D eigenvalue weighted by Gasteiger charge is 2.58. The van der Waals surface area contributed by atoms with Crippen LogP contribution in [0.4, 0.5) is 9.59 Å². The average Bonchev–Trinajstić information content (AvgIpc) is 3.90. The van der Waals surface area contributed by atoms with Gasteiger partial charge in [0, 0.05) is 36.4 Å². The fraction of sp³-hybridized carbons (Fsp3) is 0.440. The van der Waals surface area contributed by atoms with Crippen molar-refractivity contribution in [1.82, 2.24) is 40.0 Å². The molecule has 14 nitrogen and oxygen atoms in total. The van der Waals surface area contributed by atoms with Gasteiger partial charge < -0.3 is 34.9 Å². The molecule has 5 saturated carbocycles. The third kappa shape index (κ3) is 6.75. The number of aromatic nitrogens is 4. The summed E-state index contributed by atoms with van der Waals surface area (Å²) in [5.74, 6) is 2.05. The molecule has 8 atom stereocenters. The van der Waals surface area contributed by atoms with Crippen LogP contribution in [0.15, 0.2) is 97.3 Å². The van der Waals surface area contributed by atoms with Crippen molar-refractivity contribution in [3.8, 4) is 11.3 Å². The van der Waals surface area contributed by atoms with Crippen molar-refractivity contribution in [1.29, 1.82) is 0 Å². The Kier molecular flexibility index (Phi) is 9.69. The molecule has 2 bridgehead atoms. The zero-order chi connectivity index (χ0) is 43.9. The van der Waals surface area contributed by atoms with Gasteiger partial charge in [-0.2, -0.15) is 0 Å². The van der Waals surface area contributed by atoms with Gasteiger partial charge in [0.2, 0.25) is 0 Å². The summed E-state index contributed by atoms with van der Waals surface area (Å²) in [5, 5.41) is 12.7. The number of piperidine rings is 2. The van der Waals surface area contributed by atoms with Crippen LogP contribution in [0, 0.1) is 11.8 Å². The van der Waals surface area contributed by atoms with Crippen molar-refractivity contribution in [3.05, 3.63) is 131 Å². The van der Waals surface area contributed by atoms with Crippen LogP contribution in [0.3, 0.4) is 0 Å². The Bertz CT molecular complexity index is 2570. The summed E-state index contributed by atoms with van der Waals surface area (Å²) in [6, 6.07) is 25.5. The molecule has 0 unspecified atom stereocenters. The second kappa shape index (κ2) is 15.4. The standard InChI is InChI=1S/C50H54N8O6/c1-56(48(62)63)42(31-11-7-4-8-12-31)46(60)58-37-24-33(37)25-38(58)43-51-27-35(53-43)29-13-15-34(16-14-29)49-17-20-50(21-18-49,22-19-49)40-28-52-44(54-40)39-26-32-23-36(32)57(39)45(59)41(55-47(61)64-2)30-9-5-3-6-10-30/h3-16,27-28,32-33,36-39,41-42H,17-26H2,1-2H3,(H,51,53)(H,52,54)(H,55,61)(H,62,63)/t32-,33-,36-,37-,38+,39+,41-,42-,49?,50?/m1/s1. The number of amides is 4. The minimum Gasteiger partial charge on any atom is -0.465 e. The van der Waals surface area contributed by atoms with Crippen LogP contribution in [0.1, 0.15) is 122 Å². The number of ether oxygens (including phenoxy) is 1. The lowest BCUT2D eigenvalue weighted by molar-refractivity contribution is -0.138. The fourth-order valence-electron chi connectivity index (χ4n) is 12.2. The molecule has 4 heterocycles. The number of carbonyl (C=O) groups excluding carboxylic acids is 3. The number of nitrogens with zero attached hydrogens (tertiary/aromatic N) is 5. The molecule has 2 aliphatic heterocycles. The third-order valence-corrected chi connectivity index (χ3v) is 16.0. The van der Waals surface area contributed by atoms with E-state index in [4.69, 9.17) is 14.7 Å². The number of nitrogens with one attached hydrogen (secondary N) is 3. The Balaban J connectivity index is 0.765. The van der Waals surface area contributed by atoms with Crippen LogP contribution >= 0.6 is 0 Å². The highest BCUT2D eigenvalue weighted by atomic mass is 16.5. The van der Waals surface area contributed by atoms with E-state index in [-0.39, 0.29) is 46.8 Å². The Labute approximate surface area is 371 Å². The van der Waals surface area contributed by atoms with Gasteiger partial charge in [0.15, 0.2) is 0 Å². The van der Waals surface area contributed by atoms with Gasteiger partial charge in [0.25, 0.3) is 11.8 Å². The summed E-state index contributed by atoms with van der Waals surface area (Å²) >= 11 is 0. The van der Waals surface area contributed by atoms with E-state index < -0.39 is 24.3 Å². The second-order valence-corrected chi connectivity index (χ2v) is 19.3. The van der Waals surface area contributed by atoms with Crippen LogP contribution in [0.25, 0.3) is 11.3 Å². The number of likely N-dealkylation sites (N-methyl/N-ethyl adjacent to an activating group) is 1. The monoisotopic (exact) mass is 862 g/mol. The molecule has 7 fully saturated rings. The molecule has 4 amide bonds. The number of hydrogen-bond acceptors (Lipinski definition) is 7. The molecule has 2 saturated heterocycles. The number of methoxy groups -OCH3 is 1. The van der Waals surface area contributed by atoms with E-state index in [2.05, 4.69) is 39.6 Å². The van der Waals surface area contributed by atoms with Gasteiger partial charge in [-0.25, -0.2) is 19.6 Å². The number of imidazole rings is 2. The number of aromatic amines is 2. The SMILES string of the molecule is COC(=O)N[C@@H](C(=O)N1[C@@H]2C[C@@H]2C[C@H]1c1ncc(C23CCC(c4ccc(-c5cnc([C@@H]6C[C@H]7C[C@H]7N6C(=O)[C@@H](c6ccccc6)N(C)C(=O)O)[nH]5)cc4)(CC2)CC3)[nH]1)c1ccccc1. The van der Waals surface area contributed by atoms with Crippen molar-refractivity contribution in [2.24, 2.45) is 11.8 Å². The molecule has 12 rings (SSSR count). The van der Waals surface area contributed by atoms with Crippen LogP contribution in [0.5, 0.6) is 0 Å². The Morgan fingerprint density at radius 2 is 1.27 bits per heavy atom. The van der Waals surface area contributed by atoms with E-state index in [1.165, 1.54) is 25.4 Å². The molecular formula is C50H54N8O6. The van der Waals surface area contributed by atoms with Gasteiger partial charge in [0.05, 0.1) is 31.1 Å². The first-order valence-electron chi connectivity index (χ1n) is 22.8. The van der Waals surface area contributed by atoms with Crippen LogP contribution < -0.4 is 5.32 Å². The van der Waals surface area contributed by atoms with Gasteiger partial charge in [-0.3, -0.25) is 14.5 Å². The maximum atomic E-state index is 14.3. The molecule has 14 heteroatoms. The average molecular weight is 863 g/mol. The number of alkyl carbamates (subject to hydrolysis) is 1. The lowest BCUT2D eigenvalue weighted by atomic mass is 9.51. The topological polar surface area (TPSA) is 177 Å². The summed E-state index contributed by atoms with van der Waals surface area (Å²) in [5.41, 5.74) is 5.97. The predicted molar refractivity (Wildman–Crippen MR) is 236 cm³/mol. The molecule has 0 spiro atoms. The van der Waals surface area contributed by atoms with E-state index in [9.17, 15) is 24.3 Å². The van der Waals surface area contributed by atoms with Crippen molar-refractivity contribution in [3.63, 3.8) is 0 Å². The van der Waals surface area contributed by atoms with Crippen molar-refractivity contribution in [2.45, 2.75) is 111 Å². The summed E-state index contributed by atoms with van der Waals surface area (Å²) in [6.07, 6.45) is 12.1. The number of fused-ring (bicyclic) bond motifs is 5. The minimum absolute atomic E-state index is 0.0227. The Morgan fingerprint density at radius 3 is 1.86 bits per heavy atom. The lowest BCUT2D eigenvalue weighted by Crippen LogP contribution is -2.46. The number of rotatable bonds is 11. The molecule has 2 aromatic heterocycles. The summed E-state index contributed by atoms with van der Waals surface area (Å²) in [6.45, 7) is 0. The van der Waals surface area contributed by atoms with Crippen LogP contribution in [-0.4, -0.2) is 90.0 Å². The first kappa shape index (κ1) is 40.3. The summed E-state index contributed by atoms with van der Waals surface area (Å²) < 4.78 is 4.91. The Hall–Kier alpha value is -6.44. The number of hydrogen-bond donors (Lipinski definition) is 4. The maximum absolute atomic E-state index is 14.3. The van der Waals surface area contributed by atoms with Crippen molar-refractivity contribution in [2.75, 3.05) is 14.2 Å². The van der Waals surface area contributed by atoms with E-state index >= 15 is 0 Å². The highest BCUT2D eigenvalue weighted by molar-refractivity contribution is 5.89. The van der Waals surface area contributed by atoms with E-state index in [1.54, 1.807) is 0 Å². The number of benzene rings is 3. The molecule has 7 aliphatic rings. The first-order chi connectivity index (χ1) is 31.1. The number of carboxylic acid groups (broad SMARTS) is 1. The normalized spacial score (nSPS) is 29.3. The molecule has 0 radical (unpaired) electrons. The summed E-state index contributed by atoms with van der Waals surface area (Å²) in [4.78, 5) is 75.2. The van der Waals surface area contributed by atoms with E-state index in [0.29, 0.717) is 17.4 Å². The molecule has 64 heavy (non-hydrogen) atoms. The Morgan fingerprint density at radius 1 is 0.719 bits per heavy atom. The molecule has 3 aromatic carbocycles. The quantitative estimate of drug-likeness (QED) is 0.103. The summed E-state index contributed by atoms with van der Waals surface area (Å²) in [7, 11) is 2.77. The second-order valence-electron chi connectivity index (χ2n) is 19.3. The molecular weight excluding hydrogens is 809 g/mol. The van der Waals surface area contributed by atoms with E-state index in [1.807, 2.05) is 82.9 Å². The van der Waals surface area contributed by atoms with E-state index in [0.717, 1.165) is 97.6 Å². The number of likely N-dealkylation sites (tertiary alicyclic amines) is 2. The zero-order valence-electron chi connectivity index (χ0n) is 36.2. The van der Waals surface area contributed by atoms with Gasteiger partial charge in [0.1, 0.15) is 23.7 Å². The van der Waals surface area contributed by atoms with Gasteiger partial charge >= 0.3 is 12.2 Å². The van der Waals surface area contributed by atoms with Crippen molar-refractivity contribution < 1.29 is 29.0 Å². The number of H-pyrrole nitrogens is 2. The smallest absolute Gasteiger partial charge is 0.407 e. The lowest BCUT2D eigenvalue weighted by Gasteiger charge is -2.53. The molecule has 330 valence electrons. The van der Waals surface area contributed by atoms with Crippen molar-refractivity contribution >= 4 is 24.0 Å². The fourth-order valence-corrected chi connectivity index (χ4v) is 12.2.